The van der Waals surface area contributed by atoms with Gasteiger partial charge in [-0.2, -0.15) is 0 Å². The highest BCUT2D eigenvalue weighted by Crippen LogP contribution is 2.29. The predicted molar refractivity (Wildman–Crippen MR) is 56.0 cm³/mol. The maximum atomic E-state index is 10.1. The first-order chi connectivity index (χ1) is 6.42. The number of nitrogens with one attached hydrogen (secondary N) is 1. The van der Waals surface area contributed by atoms with Crippen LogP contribution in [-0.4, -0.2) is 12.8 Å². The van der Waals surface area contributed by atoms with Crippen LogP contribution in [0.15, 0.2) is 29.6 Å². The molecule has 1 aromatic heterocycles. The molecular formula is C10H8NOS. The third-order valence-corrected chi connectivity index (χ3v) is 2.80. The van der Waals surface area contributed by atoms with Crippen LogP contribution in [-0.2, 0) is 4.79 Å². The zero-order valence-corrected chi connectivity index (χ0v) is 7.73. The SMILES string of the molecule is O=[C]CNc1csc2ccccc12. The normalized spacial score (nSPS) is 10.2. The minimum atomic E-state index is 0.251. The van der Waals surface area contributed by atoms with Crippen molar-refractivity contribution < 1.29 is 4.79 Å². The molecule has 13 heavy (non-hydrogen) atoms. The molecule has 0 fully saturated rings. The largest absolute Gasteiger partial charge is 0.376 e. The molecular weight excluding hydrogens is 182 g/mol. The number of hydrogen-bond acceptors (Lipinski definition) is 3. The molecule has 2 aromatic rings. The van der Waals surface area contributed by atoms with Gasteiger partial charge in [0.15, 0.2) is 0 Å². The van der Waals surface area contributed by atoms with Gasteiger partial charge in [-0.05, 0) is 6.07 Å². The number of carbonyl (C=O) groups excluding carboxylic acids is 1. The van der Waals surface area contributed by atoms with Crippen molar-refractivity contribution >= 4 is 33.4 Å². The lowest BCUT2D eigenvalue weighted by Gasteiger charge is -1.97. The highest BCUT2D eigenvalue weighted by Gasteiger charge is 2.00. The van der Waals surface area contributed by atoms with E-state index in [0.29, 0.717) is 0 Å². The molecule has 1 heterocycles. The van der Waals surface area contributed by atoms with Gasteiger partial charge in [-0.3, -0.25) is 4.79 Å². The molecule has 2 nitrogen and oxygen atoms in total. The van der Waals surface area contributed by atoms with Crippen LogP contribution in [0.25, 0.3) is 10.1 Å². The van der Waals surface area contributed by atoms with Crippen molar-refractivity contribution in [1.29, 1.82) is 0 Å². The van der Waals surface area contributed by atoms with Crippen LogP contribution in [0.2, 0.25) is 0 Å². The summed E-state index contributed by atoms with van der Waals surface area (Å²) in [6.45, 7) is 0.251. The fourth-order valence-electron chi connectivity index (χ4n) is 1.25. The van der Waals surface area contributed by atoms with Gasteiger partial charge in [0.1, 0.15) is 0 Å². The van der Waals surface area contributed by atoms with Crippen LogP contribution in [0, 0.1) is 0 Å². The van der Waals surface area contributed by atoms with E-state index in [1.165, 1.54) is 10.1 Å². The Kier molecular flexibility index (Phi) is 2.27. The van der Waals surface area contributed by atoms with E-state index in [-0.39, 0.29) is 6.54 Å². The average molecular weight is 190 g/mol. The predicted octanol–water partition coefficient (Wildman–Crippen LogP) is 2.42. The fraction of sp³-hybridized carbons (Fsp3) is 0.100. The molecule has 0 aliphatic heterocycles. The Morgan fingerprint density at radius 3 is 3.08 bits per heavy atom. The number of hydrogen-bond donors (Lipinski definition) is 1. The quantitative estimate of drug-likeness (QED) is 0.805. The lowest BCUT2D eigenvalue weighted by molar-refractivity contribution is 0.557. The lowest BCUT2D eigenvalue weighted by atomic mass is 10.2. The van der Waals surface area contributed by atoms with Crippen LogP contribution < -0.4 is 5.32 Å². The molecule has 0 unspecified atom stereocenters. The summed E-state index contributed by atoms with van der Waals surface area (Å²) in [4.78, 5) is 10.1. The van der Waals surface area contributed by atoms with E-state index < -0.39 is 0 Å². The molecule has 1 N–H and O–H groups in total. The lowest BCUT2D eigenvalue weighted by Crippen LogP contribution is -2.00. The van der Waals surface area contributed by atoms with Gasteiger partial charge < -0.3 is 5.32 Å². The minimum Gasteiger partial charge on any atom is -0.376 e. The van der Waals surface area contributed by atoms with Crippen LogP contribution >= 0.6 is 11.3 Å². The van der Waals surface area contributed by atoms with E-state index in [2.05, 4.69) is 11.4 Å². The van der Waals surface area contributed by atoms with Gasteiger partial charge in [0.2, 0.25) is 6.29 Å². The topological polar surface area (TPSA) is 29.1 Å². The summed E-state index contributed by atoms with van der Waals surface area (Å²) in [6.07, 6.45) is 1.81. The maximum absolute atomic E-state index is 10.1. The van der Waals surface area contributed by atoms with E-state index in [1.54, 1.807) is 11.3 Å². The number of anilines is 1. The van der Waals surface area contributed by atoms with Crippen molar-refractivity contribution in [2.75, 3.05) is 11.9 Å². The van der Waals surface area contributed by atoms with E-state index in [9.17, 15) is 4.79 Å². The summed E-state index contributed by atoms with van der Waals surface area (Å²) in [7, 11) is 0. The zero-order valence-electron chi connectivity index (χ0n) is 6.91. The van der Waals surface area contributed by atoms with Gasteiger partial charge in [0, 0.05) is 15.5 Å². The van der Waals surface area contributed by atoms with Gasteiger partial charge in [-0.15, -0.1) is 11.3 Å². The van der Waals surface area contributed by atoms with Crippen molar-refractivity contribution in [2.24, 2.45) is 0 Å². The van der Waals surface area contributed by atoms with Crippen LogP contribution in [0.3, 0.4) is 0 Å². The van der Waals surface area contributed by atoms with Gasteiger partial charge >= 0.3 is 0 Å². The third-order valence-electron chi connectivity index (χ3n) is 1.83. The molecule has 0 aliphatic rings. The number of fused-ring (bicyclic) bond motifs is 1. The maximum Gasteiger partial charge on any atom is 0.219 e. The molecule has 0 saturated heterocycles. The zero-order chi connectivity index (χ0) is 9.10. The van der Waals surface area contributed by atoms with Crippen molar-refractivity contribution in [1.82, 2.24) is 0 Å². The Bertz CT molecular complexity index is 422. The second kappa shape index (κ2) is 3.58. The molecule has 3 heteroatoms. The Morgan fingerprint density at radius 1 is 1.38 bits per heavy atom. The number of rotatable bonds is 3. The molecule has 2 rings (SSSR count). The average Bonchev–Trinajstić information content (AvgIpc) is 2.58. The van der Waals surface area contributed by atoms with Crippen molar-refractivity contribution in [3.63, 3.8) is 0 Å². The van der Waals surface area contributed by atoms with Gasteiger partial charge in [-0.25, -0.2) is 0 Å². The Balaban J connectivity index is 2.40. The summed E-state index contributed by atoms with van der Waals surface area (Å²) < 4.78 is 1.23. The summed E-state index contributed by atoms with van der Waals surface area (Å²) in [6, 6.07) is 8.11. The highest BCUT2D eigenvalue weighted by atomic mass is 32.1. The molecule has 0 bridgehead atoms. The van der Waals surface area contributed by atoms with Gasteiger partial charge in [0.05, 0.1) is 12.2 Å². The van der Waals surface area contributed by atoms with Crippen LogP contribution in [0.4, 0.5) is 5.69 Å². The Labute approximate surface area is 80.2 Å². The number of thiophene rings is 1. The van der Waals surface area contributed by atoms with Crippen molar-refractivity contribution in [3.8, 4) is 0 Å². The summed E-state index contributed by atoms with van der Waals surface area (Å²) in [5, 5.41) is 6.19. The first-order valence-electron chi connectivity index (χ1n) is 3.97. The molecule has 0 saturated carbocycles. The van der Waals surface area contributed by atoms with E-state index >= 15 is 0 Å². The summed E-state index contributed by atoms with van der Waals surface area (Å²) in [5.74, 6) is 0. The fourth-order valence-corrected chi connectivity index (χ4v) is 2.16. The van der Waals surface area contributed by atoms with E-state index in [4.69, 9.17) is 0 Å². The van der Waals surface area contributed by atoms with Crippen molar-refractivity contribution in [3.05, 3.63) is 29.6 Å². The summed E-state index contributed by atoms with van der Waals surface area (Å²) in [5.41, 5.74) is 1.02. The number of benzene rings is 1. The molecule has 0 amide bonds. The molecule has 1 aromatic carbocycles. The first kappa shape index (κ1) is 8.26. The van der Waals surface area contributed by atoms with E-state index in [0.717, 1.165) is 5.69 Å². The molecule has 0 aliphatic carbocycles. The highest BCUT2D eigenvalue weighted by molar-refractivity contribution is 7.17. The summed E-state index contributed by atoms with van der Waals surface area (Å²) >= 11 is 1.67. The molecule has 1 radical (unpaired) electrons. The Morgan fingerprint density at radius 2 is 2.23 bits per heavy atom. The van der Waals surface area contributed by atoms with Gasteiger partial charge in [-0.1, -0.05) is 18.2 Å². The van der Waals surface area contributed by atoms with Crippen molar-refractivity contribution in [2.45, 2.75) is 0 Å². The van der Waals surface area contributed by atoms with Crippen LogP contribution in [0.5, 0.6) is 0 Å². The monoisotopic (exact) mass is 190 g/mol. The van der Waals surface area contributed by atoms with Crippen LogP contribution in [0.1, 0.15) is 0 Å². The standard InChI is InChI=1S/C10H8NOS/c12-6-5-11-9-7-13-10-4-2-1-3-8(9)10/h1-4,7,11H,5H2. The molecule has 65 valence electrons. The Hall–Kier alpha value is -1.35. The molecule has 0 atom stereocenters. The second-order valence-corrected chi connectivity index (χ2v) is 3.55. The second-order valence-electron chi connectivity index (χ2n) is 2.64. The first-order valence-corrected chi connectivity index (χ1v) is 4.85. The molecule has 0 spiro atoms. The third kappa shape index (κ3) is 1.55. The smallest absolute Gasteiger partial charge is 0.219 e. The minimum absolute atomic E-state index is 0.251. The van der Waals surface area contributed by atoms with E-state index in [1.807, 2.05) is 29.9 Å². The van der Waals surface area contributed by atoms with Gasteiger partial charge in [0.25, 0.3) is 0 Å².